The number of pyridine rings is 1. The zero-order chi connectivity index (χ0) is 15.9. The van der Waals surface area contributed by atoms with Crippen molar-refractivity contribution in [3.05, 3.63) is 64.5 Å². The molecular formula is C16H12N2O4. The van der Waals surface area contributed by atoms with E-state index in [0.717, 1.165) is 5.56 Å². The van der Waals surface area contributed by atoms with Crippen LogP contribution in [0.1, 0.15) is 42.5 Å². The Morgan fingerprint density at radius 3 is 2.18 bits per heavy atom. The van der Waals surface area contributed by atoms with E-state index in [1.54, 1.807) is 25.1 Å². The first-order chi connectivity index (χ1) is 10.5. The topological polar surface area (TPSA) is 76.6 Å². The van der Waals surface area contributed by atoms with Crippen LogP contribution in [0.4, 0.5) is 0 Å². The number of fused-ring (bicyclic) bond motifs is 1. The van der Waals surface area contributed by atoms with Gasteiger partial charge in [-0.2, -0.15) is 0 Å². The van der Waals surface area contributed by atoms with Gasteiger partial charge in [0.2, 0.25) is 0 Å². The van der Waals surface area contributed by atoms with Crippen LogP contribution in [-0.4, -0.2) is 27.8 Å². The third-order valence-electron chi connectivity index (χ3n) is 3.24. The van der Waals surface area contributed by atoms with Crippen LogP contribution < -0.4 is 0 Å². The Morgan fingerprint density at radius 1 is 1.05 bits per heavy atom. The summed E-state index contributed by atoms with van der Waals surface area (Å²) < 4.78 is 0. The summed E-state index contributed by atoms with van der Waals surface area (Å²) in [5, 5.41) is 0.479. The van der Waals surface area contributed by atoms with E-state index in [1.165, 1.54) is 18.2 Å². The minimum absolute atomic E-state index is 0.0501. The Labute approximate surface area is 126 Å². The van der Waals surface area contributed by atoms with Crippen LogP contribution in [0.2, 0.25) is 0 Å². The summed E-state index contributed by atoms with van der Waals surface area (Å²) in [6, 6.07) is 9.64. The Hall–Kier alpha value is -3.02. The number of amides is 2. The Morgan fingerprint density at radius 2 is 1.64 bits per heavy atom. The van der Waals surface area contributed by atoms with E-state index in [1.807, 2.05) is 6.92 Å². The number of rotatable bonds is 2. The maximum atomic E-state index is 12.1. The second-order valence-corrected chi connectivity index (χ2v) is 5.00. The summed E-state index contributed by atoms with van der Waals surface area (Å²) in [5.74, 6) is -2.15. The molecule has 0 fully saturated rings. The fourth-order valence-electron chi connectivity index (χ4n) is 2.33. The molecular weight excluding hydrogens is 284 g/mol. The van der Waals surface area contributed by atoms with Gasteiger partial charge in [0, 0.05) is 5.69 Å². The van der Waals surface area contributed by atoms with Crippen LogP contribution in [0.15, 0.2) is 36.4 Å². The predicted octanol–water partition coefficient (Wildman–Crippen LogP) is 2.07. The first kappa shape index (κ1) is 13.9. The van der Waals surface area contributed by atoms with E-state index in [2.05, 4.69) is 4.98 Å². The molecule has 3 rings (SSSR count). The quantitative estimate of drug-likeness (QED) is 0.793. The number of hydroxylamine groups is 2. The number of carbonyl (C=O) groups excluding carboxylic acids is 3. The summed E-state index contributed by atoms with van der Waals surface area (Å²) in [5.41, 5.74) is 1.97. The van der Waals surface area contributed by atoms with Crippen molar-refractivity contribution in [1.82, 2.24) is 10.0 Å². The van der Waals surface area contributed by atoms with E-state index in [9.17, 15) is 14.4 Å². The molecule has 0 atom stereocenters. The highest BCUT2D eigenvalue weighted by Gasteiger charge is 2.38. The van der Waals surface area contributed by atoms with Gasteiger partial charge in [-0.3, -0.25) is 9.59 Å². The number of nitrogens with zero attached hydrogens (tertiary/aromatic N) is 2. The van der Waals surface area contributed by atoms with Crippen molar-refractivity contribution in [2.45, 2.75) is 13.8 Å². The molecule has 22 heavy (non-hydrogen) atoms. The largest absolute Gasteiger partial charge is 0.382 e. The van der Waals surface area contributed by atoms with Gasteiger partial charge in [-0.05, 0) is 43.7 Å². The number of imide groups is 1. The van der Waals surface area contributed by atoms with Gasteiger partial charge in [0.1, 0.15) is 0 Å². The highest BCUT2D eigenvalue weighted by Crippen LogP contribution is 2.23. The molecule has 1 aliphatic rings. The molecule has 0 saturated carbocycles. The van der Waals surface area contributed by atoms with Gasteiger partial charge < -0.3 is 4.84 Å². The molecule has 1 aliphatic heterocycles. The first-order valence-corrected chi connectivity index (χ1v) is 6.63. The van der Waals surface area contributed by atoms with Gasteiger partial charge in [0.25, 0.3) is 11.8 Å². The van der Waals surface area contributed by atoms with Gasteiger partial charge in [-0.1, -0.05) is 17.2 Å². The fraction of sp³-hybridized carbons (Fsp3) is 0.125. The average molecular weight is 296 g/mol. The van der Waals surface area contributed by atoms with Crippen molar-refractivity contribution in [3.63, 3.8) is 0 Å². The van der Waals surface area contributed by atoms with Crippen LogP contribution in [0.5, 0.6) is 0 Å². The standard InChI is InChI=1S/C16H12N2O4/c1-9-7-10(2)17-13(8-9)16(21)22-18-14(19)11-5-3-4-6-12(11)15(18)20/h3-8H,1-2H3. The second kappa shape index (κ2) is 5.07. The Balaban J connectivity index is 1.87. The normalized spacial score (nSPS) is 13.3. The molecule has 0 radical (unpaired) electrons. The summed E-state index contributed by atoms with van der Waals surface area (Å²) in [6.45, 7) is 3.55. The third kappa shape index (κ3) is 2.24. The van der Waals surface area contributed by atoms with Crippen LogP contribution >= 0.6 is 0 Å². The molecule has 0 N–H and O–H groups in total. The third-order valence-corrected chi connectivity index (χ3v) is 3.24. The molecule has 6 heteroatoms. The molecule has 0 unspecified atom stereocenters. The van der Waals surface area contributed by atoms with Gasteiger partial charge in [0.05, 0.1) is 11.1 Å². The average Bonchev–Trinajstić information content (AvgIpc) is 2.72. The highest BCUT2D eigenvalue weighted by molar-refractivity contribution is 6.21. The van der Waals surface area contributed by atoms with Crippen molar-refractivity contribution in [3.8, 4) is 0 Å². The van der Waals surface area contributed by atoms with E-state index in [0.29, 0.717) is 10.8 Å². The maximum absolute atomic E-state index is 12.1. The van der Waals surface area contributed by atoms with Gasteiger partial charge in [-0.15, -0.1) is 0 Å². The number of benzene rings is 1. The molecule has 0 spiro atoms. The van der Waals surface area contributed by atoms with E-state index >= 15 is 0 Å². The molecule has 1 aromatic carbocycles. The smallest absolute Gasteiger partial charge is 0.323 e. The molecule has 0 saturated heterocycles. The lowest BCUT2D eigenvalue weighted by Crippen LogP contribution is -2.33. The number of carbonyl (C=O) groups is 3. The van der Waals surface area contributed by atoms with Crippen molar-refractivity contribution in [2.24, 2.45) is 0 Å². The van der Waals surface area contributed by atoms with E-state index in [4.69, 9.17) is 4.84 Å². The van der Waals surface area contributed by atoms with Crippen LogP contribution in [0.25, 0.3) is 0 Å². The van der Waals surface area contributed by atoms with Gasteiger partial charge in [-0.25, -0.2) is 9.78 Å². The summed E-state index contributed by atoms with van der Waals surface area (Å²) >= 11 is 0. The summed E-state index contributed by atoms with van der Waals surface area (Å²) in [4.78, 5) is 45.3. The Kier molecular flexibility index (Phi) is 3.21. The van der Waals surface area contributed by atoms with Crippen molar-refractivity contribution < 1.29 is 19.2 Å². The minimum Gasteiger partial charge on any atom is -0.323 e. The SMILES string of the molecule is Cc1cc(C)nc(C(=O)ON2C(=O)c3ccccc3C2=O)c1. The lowest BCUT2D eigenvalue weighted by Gasteiger charge is -2.12. The zero-order valence-electron chi connectivity index (χ0n) is 12.0. The van der Waals surface area contributed by atoms with E-state index in [-0.39, 0.29) is 16.8 Å². The zero-order valence-corrected chi connectivity index (χ0v) is 12.0. The highest BCUT2D eigenvalue weighted by atomic mass is 16.7. The van der Waals surface area contributed by atoms with Gasteiger partial charge in [0.15, 0.2) is 5.69 Å². The molecule has 2 aromatic rings. The van der Waals surface area contributed by atoms with E-state index < -0.39 is 17.8 Å². The van der Waals surface area contributed by atoms with Gasteiger partial charge >= 0.3 is 5.97 Å². The second-order valence-electron chi connectivity index (χ2n) is 5.00. The lowest BCUT2D eigenvalue weighted by atomic mass is 10.1. The lowest BCUT2D eigenvalue weighted by molar-refractivity contribution is -0.0588. The molecule has 2 heterocycles. The number of hydrogen-bond acceptors (Lipinski definition) is 5. The van der Waals surface area contributed by atoms with Crippen LogP contribution in [0, 0.1) is 13.8 Å². The van der Waals surface area contributed by atoms with Crippen LogP contribution in [0.3, 0.4) is 0 Å². The minimum atomic E-state index is -0.846. The van der Waals surface area contributed by atoms with Crippen LogP contribution in [-0.2, 0) is 4.84 Å². The van der Waals surface area contributed by atoms with Crippen molar-refractivity contribution in [2.75, 3.05) is 0 Å². The predicted molar refractivity (Wildman–Crippen MR) is 76.1 cm³/mol. The molecule has 2 amide bonds. The maximum Gasteiger partial charge on any atom is 0.382 e. The summed E-state index contributed by atoms with van der Waals surface area (Å²) in [6.07, 6.45) is 0. The number of hydrogen-bond donors (Lipinski definition) is 0. The van der Waals surface area contributed by atoms with Crippen molar-refractivity contribution >= 4 is 17.8 Å². The molecule has 0 aliphatic carbocycles. The van der Waals surface area contributed by atoms with Crippen molar-refractivity contribution in [1.29, 1.82) is 0 Å². The number of aromatic nitrogens is 1. The monoisotopic (exact) mass is 296 g/mol. The molecule has 6 nitrogen and oxygen atoms in total. The fourth-order valence-corrected chi connectivity index (χ4v) is 2.33. The summed E-state index contributed by atoms with van der Waals surface area (Å²) in [7, 11) is 0. The number of aryl methyl sites for hydroxylation is 2. The molecule has 1 aromatic heterocycles. The first-order valence-electron chi connectivity index (χ1n) is 6.63. The molecule has 110 valence electrons. The Bertz CT molecular complexity index is 758. The molecule has 0 bridgehead atoms.